The number of amides is 1. The summed E-state index contributed by atoms with van der Waals surface area (Å²) < 4.78 is 93.7. The lowest BCUT2D eigenvalue weighted by atomic mass is 9.79. The Labute approximate surface area is 273 Å². The van der Waals surface area contributed by atoms with E-state index in [1.807, 2.05) is 0 Å². The second-order valence-corrected chi connectivity index (χ2v) is 12.4. The lowest BCUT2D eigenvalue weighted by Crippen LogP contribution is -2.43. The van der Waals surface area contributed by atoms with Crippen LogP contribution in [0.25, 0.3) is 0 Å². The number of piperidine rings is 1. The number of rotatable bonds is 12. The van der Waals surface area contributed by atoms with E-state index in [0.29, 0.717) is 37.4 Å². The number of nitrogens with one attached hydrogen (secondary N) is 1. The minimum absolute atomic E-state index is 0.0430. The first-order chi connectivity index (χ1) is 22.1. The van der Waals surface area contributed by atoms with Crippen molar-refractivity contribution in [2.45, 2.75) is 63.8 Å². The van der Waals surface area contributed by atoms with Gasteiger partial charge in [0.2, 0.25) is 5.91 Å². The van der Waals surface area contributed by atoms with Gasteiger partial charge in [0.05, 0.1) is 23.1 Å². The Morgan fingerprint density at radius 3 is 2.15 bits per heavy atom. The molecule has 1 atom stereocenters. The predicted octanol–water partition coefficient (Wildman–Crippen LogP) is 7.04. The molecule has 0 spiro atoms. The fourth-order valence-corrected chi connectivity index (χ4v) is 6.02. The average molecular weight is 689 g/mol. The Morgan fingerprint density at radius 2 is 1.64 bits per heavy atom. The quantitative estimate of drug-likeness (QED) is 0.126. The number of carbonyl (C=O) groups is 1. The third kappa shape index (κ3) is 11.3. The second-order valence-electron chi connectivity index (χ2n) is 11.4. The number of carbonyl (C=O) groups excluding carboxylic acids is 1. The van der Waals surface area contributed by atoms with Gasteiger partial charge in [-0.2, -0.15) is 31.3 Å². The van der Waals surface area contributed by atoms with Crippen LogP contribution in [0.5, 0.6) is 0 Å². The third-order valence-electron chi connectivity index (χ3n) is 8.25. The first kappa shape index (κ1) is 37.9. The number of nitrogens with two attached hydrogens (primary N) is 2. The summed E-state index contributed by atoms with van der Waals surface area (Å²) in [6.45, 7) is 6.98. The van der Waals surface area contributed by atoms with E-state index in [1.54, 1.807) is 19.1 Å². The molecule has 1 aliphatic rings. The number of thioether (sulfide) groups is 1. The molecule has 2 aromatic carbocycles. The number of likely N-dealkylation sites (tertiary alicyclic amines) is 1. The fourth-order valence-electron chi connectivity index (χ4n) is 5.57. The van der Waals surface area contributed by atoms with Gasteiger partial charge in [0.25, 0.3) is 0 Å². The van der Waals surface area contributed by atoms with Crippen molar-refractivity contribution in [2.24, 2.45) is 26.9 Å². The number of alkyl halides is 6. The predicted molar refractivity (Wildman–Crippen MR) is 171 cm³/mol. The number of hydrogen-bond donors (Lipinski definition) is 3. The van der Waals surface area contributed by atoms with E-state index in [-0.39, 0.29) is 41.5 Å². The van der Waals surface area contributed by atoms with Crippen molar-refractivity contribution in [1.82, 2.24) is 10.2 Å². The van der Waals surface area contributed by atoms with Gasteiger partial charge in [-0.05, 0) is 105 Å². The van der Waals surface area contributed by atoms with Gasteiger partial charge in [-0.3, -0.25) is 9.79 Å². The summed E-state index contributed by atoms with van der Waals surface area (Å²) in [5, 5.41) is 4.15. The summed E-state index contributed by atoms with van der Waals surface area (Å²) in [7, 11) is 0. The minimum Gasteiger partial charge on any atom is -0.370 e. The zero-order valence-electron chi connectivity index (χ0n) is 25.9. The van der Waals surface area contributed by atoms with Gasteiger partial charge in [-0.1, -0.05) is 37.4 Å². The molecule has 1 heterocycles. The Kier molecular flexibility index (Phi) is 13.3. The van der Waals surface area contributed by atoms with Crippen LogP contribution in [0.1, 0.15) is 67.2 Å². The molecule has 1 fully saturated rings. The van der Waals surface area contributed by atoms with E-state index in [4.69, 9.17) is 11.5 Å². The number of nitrogens with zero attached hydrogens (tertiary/aromatic N) is 3. The molecule has 0 aromatic heterocycles. The molecule has 1 aliphatic heterocycles. The second kappa shape index (κ2) is 16.5. The number of amidine groups is 1. The van der Waals surface area contributed by atoms with Crippen molar-refractivity contribution in [3.63, 3.8) is 0 Å². The van der Waals surface area contributed by atoms with Crippen molar-refractivity contribution < 1.29 is 35.5 Å². The van der Waals surface area contributed by atoms with Crippen molar-refractivity contribution in [2.75, 3.05) is 26.2 Å². The lowest BCUT2D eigenvalue weighted by Gasteiger charge is -2.34. The number of hydrogen-bond acceptors (Lipinski definition) is 4. The van der Waals surface area contributed by atoms with E-state index >= 15 is 0 Å². The molecule has 0 radical (unpaired) electrons. The highest BCUT2D eigenvalue weighted by Gasteiger charge is 2.39. The number of aliphatic imine (C=N–C) groups is 2. The summed E-state index contributed by atoms with van der Waals surface area (Å²) in [6.07, 6.45) is -7.12. The van der Waals surface area contributed by atoms with Crippen LogP contribution in [-0.4, -0.2) is 48.1 Å². The van der Waals surface area contributed by atoms with Crippen molar-refractivity contribution in [1.29, 1.82) is 0 Å². The van der Waals surface area contributed by atoms with Gasteiger partial charge in [0.15, 0.2) is 11.1 Å². The van der Waals surface area contributed by atoms with Crippen molar-refractivity contribution in [3.05, 3.63) is 82.5 Å². The summed E-state index contributed by atoms with van der Waals surface area (Å²) in [4.78, 5) is 24.4. The molecule has 0 saturated carbocycles. The van der Waals surface area contributed by atoms with Gasteiger partial charge in [0, 0.05) is 6.54 Å². The smallest absolute Gasteiger partial charge is 0.370 e. The Morgan fingerprint density at radius 1 is 1.04 bits per heavy atom. The highest BCUT2D eigenvalue weighted by atomic mass is 32.2. The molecule has 258 valence electrons. The van der Waals surface area contributed by atoms with Crippen LogP contribution in [0.15, 0.2) is 64.4 Å². The Bertz CT molecular complexity index is 1380. The van der Waals surface area contributed by atoms with Gasteiger partial charge < -0.3 is 21.7 Å². The summed E-state index contributed by atoms with van der Waals surface area (Å²) in [6, 6.07) is 7.73. The summed E-state index contributed by atoms with van der Waals surface area (Å²) >= 11 is 1.02. The Balaban J connectivity index is 1.77. The number of guanidine groups is 1. The highest BCUT2D eigenvalue weighted by Crippen LogP contribution is 2.37. The van der Waals surface area contributed by atoms with Crippen molar-refractivity contribution >= 4 is 28.8 Å². The normalized spacial score (nSPS) is 16.4. The molecule has 2 aromatic rings. The maximum atomic E-state index is 13.8. The van der Waals surface area contributed by atoms with Crippen LogP contribution in [-0.2, 0) is 23.7 Å². The fraction of sp³-hybridized carbons (Fsp3) is 0.469. The van der Waals surface area contributed by atoms with Crippen LogP contribution in [0.2, 0.25) is 0 Å². The molecule has 3 rings (SSSR count). The molecule has 5 N–H and O–H groups in total. The molecule has 0 bridgehead atoms. The van der Waals surface area contributed by atoms with Crippen LogP contribution in [0.4, 0.5) is 30.7 Å². The molecule has 0 aliphatic carbocycles. The van der Waals surface area contributed by atoms with E-state index in [9.17, 15) is 35.5 Å². The van der Waals surface area contributed by atoms with Crippen molar-refractivity contribution in [3.8, 4) is 0 Å². The average Bonchev–Trinajstić information content (AvgIpc) is 3.01. The zero-order valence-corrected chi connectivity index (χ0v) is 26.7. The number of halogens is 7. The van der Waals surface area contributed by atoms with E-state index in [1.165, 1.54) is 17.5 Å². The monoisotopic (exact) mass is 688 g/mol. The molecule has 1 saturated heterocycles. The highest BCUT2D eigenvalue weighted by molar-refractivity contribution is 8.16. The largest absolute Gasteiger partial charge is 0.416 e. The van der Waals surface area contributed by atoms with Crippen LogP contribution in [0, 0.1) is 11.2 Å². The van der Waals surface area contributed by atoms with Gasteiger partial charge in [0.1, 0.15) is 5.82 Å². The van der Waals surface area contributed by atoms with E-state index < -0.39 is 41.3 Å². The van der Waals surface area contributed by atoms with Crippen LogP contribution >= 0.6 is 11.8 Å². The summed E-state index contributed by atoms with van der Waals surface area (Å²) in [5.74, 6) is -0.809. The zero-order chi connectivity index (χ0) is 34.8. The molecule has 1 amide bonds. The number of benzene rings is 2. The van der Waals surface area contributed by atoms with E-state index in [2.05, 4.69) is 26.8 Å². The van der Waals surface area contributed by atoms with Gasteiger partial charge in [-0.25, -0.2) is 4.39 Å². The lowest BCUT2D eigenvalue weighted by molar-refractivity contribution is -0.143. The van der Waals surface area contributed by atoms with Gasteiger partial charge in [-0.15, -0.1) is 0 Å². The van der Waals surface area contributed by atoms with Crippen LogP contribution < -0.4 is 16.8 Å². The molecular weight excluding hydrogens is 649 g/mol. The van der Waals surface area contributed by atoms with Gasteiger partial charge >= 0.3 is 12.4 Å². The molecular formula is C32H39F7N6OS. The van der Waals surface area contributed by atoms with E-state index in [0.717, 1.165) is 43.3 Å². The first-order valence-corrected chi connectivity index (χ1v) is 15.9. The Hall–Kier alpha value is -3.59. The SMILES string of the molecule is C=CSC(N=C(N)N)=NCC(CC)(CCCN1CCC(c2ccc(F)cc2)CC1)C(=O)NCc1cc(C(F)(F)F)cc(C(F)(F)F)c1. The molecule has 1 unspecified atom stereocenters. The molecule has 47 heavy (non-hydrogen) atoms. The summed E-state index contributed by atoms with van der Waals surface area (Å²) in [5.41, 5.74) is 7.65. The topological polar surface area (TPSA) is 109 Å². The molecule has 7 nitrogen and oxygen atoms in total. The first-order valence-electron chi connectivity index (χ1n) is 15.0. The molecule has 15 heteroatoms. The maximum absolute atomic E-state index is 13.8. The maximum Gasteiger partial charge on any atom is 0.416 e. The third-order valence-corrected chi connectivity index (χ3v) is 8.85. The van der Waals surface area contributed by atoms with Crippen LogP contribution in [0.3, 0.4) is 0 Å². The standard InChI is InChI=1S/C32H39F7N6OS/c1-3-30(20-43-29(47-4-2)44-28(40)41,12-5-13-45-14-10-23(11-15-45)22-6-8-26(33)9-7-22)27(46)42-19-21-16-24(31(34,35)36)18-25(17-21)32(37,38)39/h4,6-9,16-18,23H,2-3,5,10-15,19-20H2,1H3,(H,42,46)(H4,40,41,43,44). The minimum atomic E-state index is -5.01.